The molecule has 0 atom stereocenters. The summed E-state index contributed by atoms with van der Waals surface area (Å²) in [4.78, 5) is 0. The van der Waals surface area contributed by atoms with E-state index in [2.05, 4.69) is 5.32 Å². The fourth-order valence-electron chi connectivity index (χ4n) is 1.82. The number of benzene rings is 1. The minimum absolute atomic E-state index is 0.0754. The van der Waals surface area contributed by atoms with Gasteiger partial charge in [-0.05, 0) is 25.9 Å². The van der Waals surface area contributed by atoms with E-state index in [0.29, 0.717) is 12.8 Å². The molecule has 1 aliphatic heterocycles. The van der Waals surface area contributed by atoms with Crippen molar-refractivity contribution >= 4 is 0 Å². The lowest BCUT2D eigenvalue weighted by molar-refractivity contribution is -0.276. The molecule has 1 saturated heterocycles. The first kappa shape index (κ1) is 11.5. The van der Waals surface area contributed by atoms with Crippen LogP contribution in [0.5, 0.6) is 0 Å². The van der Waals surface area contributed by atoms with Gasteiger partial charge in [0.25, 0.3) is 0 Å². The Hall–Kier alpha value is -1.00. The third-order valence-corrected chi connectivity index (χ3v) is 2.71. The predicted octanol–water partition coefficient (Wildman–Crippen LogP) is 2.50. The lowest BCUT2D eigenvalue weighted by atomic mass is 10.1. The molecule has 0 aliphatic carbocycles. The van der Waals surface area contributed by atoms with Crippen molar-refractivity contribution in [3.63, 3.8) is 0 Å². The second-order valence-electron chi connectivity index (χ2n) is 3.95. The number of ether oxygens (including phenoxy) is 1. The summed E-state index contributed by atoms with van der Waals surface area (Å²) in [6.45, 7) is 1.49. The van der Waals surface area contributed by atoms with Crippen LogP contribution in [-0.2, 0) is 10.8 Å². The van der Waals surface area contributed by atoms with E-state index in [9.17, 15) is 8.78 Å². The van der Waals surface area contributed by atoms with Gasteiger partial charge >= 0.3 is 6.11 Å². The van der Waals surface area contributed by atoms with E-state index in [1.165, 1.54) is 12.1 Å². The number of rotatable bonds is 3. The number of halogens is 2. The highest BCUT2D eigenvalue weighted by Crippen LogP contribution is 2.32. The molecule has 0 unspecified atom stereocenters. The highest BCUT2D eigenvalue weighted by Gasteiger charge is 2.36. The van der Waals surface area contributed by atoms with E-state index in [1.807, 2.05) is 0 Å². The molecule has 1 aromatic rings. The molecular formula is C12H15F2NO. The van der Waals surface area contributed by atoms with Crippen molar-refractivity contribution in [2.24, 2.45) is 0 Å². The normalized spacial score (nSPS) is 18.6. The summed E-state index contributed by atoms with van der Waals surface area (Å²) >= 11 is 0. The lowest BCUT2D eigenvalue weighted by Crippen LogP contribution is -2.36. The largest absolute Gasteiger partial charge is 0.383 e. The Bertz CT molecular complexity index is 323. The monoisotopic (exact) mass is 227 g/mol. The van der Waals surface area contributed by atoms with E-state index in [4.69, 9.17) is 4.74 Å². The van der Waals surface area contributed by atoms with Crippen LogP contribution in [0.3, 0.4) is 0 Å². The molecule has 1 aliphatic rings. The van der Waals surface area contributed by atoms with Gasteiger partial charge in [0.15, 0.2) is 0 Å². The number of hydrogen-bond donors (Lipinski definition) is 1. The van der Waals surface area contributed by atoms with Crippen molar-refractivity contribution < 1.29 is 13.5 Å². The van der Waals surface area contributed by atoms with Crippen molar-refractivity contribution in [3.8, 4) is 0 Å². The van der Waals surface area contributed by atoms with Gasteiger partial charge in [-0.25, -0.2) is 0 Å². The first-order chi connectivity index (χ1) is 7.68. The molecule has 16 heavy (non-hydrogen) atoms. The minimum Gasteiger partial charge on any atom is -0.317 e. The maximum absolute atomic E-state index is 13.7. The number of nitrogens with one attached hydrogen (secondary N) is 1. The highest BCUT2D eigenvalue weighted by molar-refractivity contribution is 5.17. The van der Waals surface area contributed by atoms with Crippen molar-refractivity contribution in [1.29, 1.82) is 0 Å². The van der Waals surface area contributed by atoms with Gasteiger partial charge in [-0.1, -0.05) is 30.3 Å². The molecule has 1 aromatic carbocycles. The summed E-state index contributed by atoms with van der Waals surface area (Å²) in [5, 5.41) is 3.12. The zero-order chi connectivity index (χ0) is 11.4. The number of hydrogen-bond acceptors (Lipinski definition) is 2. The smallest absolute Gasteiger partial charge is 0.317 e. The second-order valence-corrected chi connectivity index (χ2v) is 3.95. The van der Waals surface area contributed by atoms with Crippen LogP contribution in [0.2, 0.25) is 0 Å². The molecule has 1 heterocycles. The molecule has 88 valence electrons. The Morgan fingerprint density at radius 3 is 2.38 bits per heavy atom. The molecule has 0 bridgehead atoms. The Balaban J connectivity index is 2.01. The third kappa shape index (κ3) is 2.77. The van der Waals surface area contributed by atoms with Gasteiger partial charge in [0, 0.05) is 0 Å². The first-order valence-corrected chi connectivity index (χ1v) is 5.50. The van der Waals surface area contributed by atoms with Crippen LogP contribution in [0, 0.1) is 0 Å². The molecule has 4 heteroatoms. The Morgan fingerprint density at radius 1 is 1.12 bits per heavy atom. The zero-order valence-electron chi connectivity index (χ0n) is 8.96. The van der Waals surface area contributed by atoms with Gasteiger partial charge in [-0.15, -0.1) is 0 Å². The van der Waals surface area contributed by atoms with Crippen LogP contribution < -0.4 is 5.32 Å². The van der Waals surface area contributed by atoms with Crippen LogP contribution in [0.15, 0.2) is 30.3 Å². The molecule has 0 saturated carbocycles. The van der Waals surface area contributed by atoms with Gasteiger partial charge in [0.2, 0.25) is 0 Å². The summed E-state index contributed by atoms with van der Waals surface area (Å²) in [6.07, 6.45) is -2.25. The summed E-state index contributed by atoms with van der Waals surface area (Å²) < 4.78 is 32.3. The molecule has 0 radical (unpaired) electrons. The Labute approximate surface area is 93.6 Å². The Morgan fingerprint density at radius 2 is 1.75 bits per heavy atom. The molecule has 0 amide bonds. The minimum atomic E-state index is -3.18. The summed E-state index contributed by atoms with van der Waals surface area (Å²) in [7, 11) is 0. The molecule has 1 N–H and O–H groups in total. The Kier molecular flexibility index (Phi) is 3.51. The summed E-state index contributed by atoms with van der Waals surface area (Å²) in [5.74, 6) is 0. The van der Waals surface area contributed by atoms with Crippen LogP contribution in [0.4, 0.5) is 8.78 Å². The van der Waals surface area contributed by atoms with E-state index in [1.54, 1.807) is 18.2 Å². The molecule has 1 fully saturated rings. The average Bonchev–Trinajstić information content (AvgIpc) is 2.31. The average molecular weight is 227 g/mol. The van der Waals surface area contributed by atoms with Crippen molar-refractivity contribution in [2.75, 3.05) is 13.1 Å². The van der Waals surface area contributed by atoms with E-state index in [-0.39, 0.29) is 11.7 Å². The van der Waals surface area contributed by atoms with Crippen molar-refractivity contribution in [3.05, 3.63) is 35.9 Å². The predicted molar refractivity (Wildman–Crippen MR) is 57.3 cm³/mol. The highest BCUT2D eigenvalue weighted by atomic mass is 19.3. The van der Waals surface area contributed by atoms with Crippen LogP contribution in [-0.4, -0.2) is 19.2 Å². The topological polar surface area (TPSA) is 21.3 Å². The molecule has 0 spiro atoms. The second kappa shape index (κ2) is 4.89. The fraction of sp³-hybridized carbons (Fsp3) is 0.500. The van der Waals surface area contributed by atoms with E-state index < -0.39 is 6.11 Å². The quantitative estimate of drug-likeness (QED) is 0.856. The van der Waals surface area contributed by atoms with Crippen LogP contribution >= 0.6 is 0 Å². The maximum atomic E-state index is 13.7. The van der Waals surface area contributed by atoms with Crippen molar-refractivity contribution in [2.45, 2.75) is 25.1 Å². The summed E-state index contributed by atoms with van der Waals surface area (Å²) in [5.41, 5.74) is -0.0754. The molecule has 2 nitrogen and oxygen atoms in total. The van der Waals surface area contributed by atoms with E-state index in [0.717, 1.165) is 13.1 Å². The van der Waals surface area contributed by atoms with Gasteiger partial charge in [-0.2, -0.15) is 8.78 Å². The van der Waals surface area contributed by atoms with Crippen LogP contribution in [0.25, 0.3) is 0 Å². The molecular weight excluding hydrogens is 212 g/mol. The van der Waals surface area contributed by atoms with Gasteiger partial charge in [0.05, 0.1) is 11.7 Å². The number of piperidine rings is 1. The lowest BCUT2D eigenvalue weighted by Gasteiger charge is -2.27. The van der Waals surface area contributed by atoms with Gasteiger partial charge in [-0.3, -0.25) is 0 Å². The summed E-state index contributed by atoms with van der Waals surface area (Å²) in [6, 6.07) is 7.68. The standard InChI is InChI=1S/C12H15F2NO/c13-12(14,10-4-2-1-3-5-10)16-11-6-8-15-9-7-11/h1-5,11,15H,6-9H2. The third-order valence-electron chi connectivity index (χ3n) is 2.71. The maximum Gasteiger partial charge on any atom is 0.383 e. The first-order valence-electron chi connectivity index (χ1n) is 5.50. The zero-order valence-corrected chi connectivity index (χ0v) is 8.96. The van der Waals surface area contributed by atoms with Crippen LogP contribution in [0.1, 0.15) is 18.4 Å². The SMILES string of the molecule is FC(F)(OC1CCNCC1)c1ccccc1. The molecule has 2 rings (SSSR count). The fourth-order valence-corrected chi connectivity index (χ4v) is 1.82. The number of alkyl halides is 2. The van der Waals surface area contributed by atoms with E-state index >= 15 is 0 Å². The van der Waals surface area contributed by atoms with Gasteiger partial charge in [0.1, 0.15) is 0 Å². The van der Waals surface area contributed by atoms with Gasteiger partial charge < -0.3 is 10.1 Å². The molecule has 0 aromatic heterocycles. The van der Waals surface area contributed by atoms with Crippen molar-refractivity contribution in [1.82, 2.24) is 5.32 Å².